The molecule has 0 radical (unpaired) electrons. The van der Waals surface area contributed by atoms with Crippen LogP contribution in [0.25, 0.3) is 0 Å². The second kappa shape index (κ2) is 13.1. The van der Waals surface area contributed by atoms with Crippen LogP contribution in [0.2, 0.25) is 0 Å². The van der Waals surface area contributed by atoms with Crippen LogP contribution in [-0.4, -0.2) is 55.8 Å². The van der Waals surface area contributed by atoms with Gasteiger partial charge in [-0.25, -0.2) is 8.42 Å². The summed E-state index contributed by atoms with van der Waals surface area (Å²) in [6.07, 6.45) is 7.59. The molecule has 2 aromatic rings. The Hall–Kier alpha value is -2.07. The number of aliphatic hydroxyl groups excluding tert-OH is 1. The molecular formula is C28H40N2O5S2. The van der Waals surface area contributed by atoms with Crippen molar-refractivity contribution in [2.75, 3.05) is 30.1 Å². The van der Waals surface area contributed by atoms with Gasteiger partial charge in [0.1, 0.15) is 6.04 Å². The number of sulfone groups is 1. The fraction of sp³-hybridized carbons (Fsp3) is 0.536. The number of nitrogens with one attached hydrogen (secondary N) is 1. The molecule has 0 amide bonds. The molecule has 0 saturated carbocycles. The summed E-state index contributed by atoms with van der Waals surface area (Å²) in [5.74, 6) is -1.06. The highest BCUT2D eigenvalue weighted by molar-refractivity contribution is 7.98. The Bertz CT molecular complexity index is 1150. The van der Waals surface area contributed by atoms with E-state index in [1.54, 1.807) is 6.07 Å². The van der Waals surface area contributed by atoms with Crippen LogP contribution in [0, 0.1) is 5.41 Å². The third kappa shape index (κ3) is 7.07. The monoisotopic (exact) mass is 548 g/mol. The van der Waals surface area contributed by atoms with Crippen molar-refractivity contribution in [1.82, 2.24) is 5.32 Å². The van der Waals surface area contributed by atoms with Gasteiger partial charge >= 0.3 is 5.97 Å². The van der Waals surface area contributed by atoms with Gasteiger partial charge in [-0.3, -0.25) is 10.1 Å². The standard InChI is InChI=1S/C28H40N2O5S2/c1-4-6-13-28(14-7-5-2)19-30(22-11-9-8-10-12-22)24-16-25(36-3)21(15-26(24)37(34,35)20-28)17-29-23(18-31)27(32)33/h8-12,15-16,23,29,31H,4-7,13-14,17-20H2,1-3H3,(H,32,33)/t23-/m0/s1. The lowest BCUT2D eigenvalue weighted by atomic mass is 9.79. The molecule has 2 aromatic carbocycles. The van der Waals surface area contributed by atoms with Crippen molar-refractivity contribution in [3.63, 3.8) is 0 Å². The average molecular weight is 549 g/mol. The maximum Gasteiger partial charge on any atom is 0.323 e. The van der Waals surface area contributed by atoms with Gasteiger partial charge in [-0.15, -0.1) is 11.8 Å². The summed E-state index contributed by atoms with van der Waals surface area (Å²) in [5, 5.41) is 21.6. The van der Waals surface area contributed by atoms with Crippen molar-refractivity contribution in [2.24, 2.45) is 5.41 Å². The largest absolute Gasteiger partial charge is 0.480 e. The summed E-state index contributed by atoms with van der Waals surface area (Å²) < 4.78 is 28.2. The van der Waals surface area contributed by atoms with E-state index in [0.29, 0.717) is 17.8 Å². The van der Waals surface area contributed by atoms with Gasteiger partial charge in [-0.05, 0) is 48.9 Å². The highest BCUT2D eigenvalue weighted by Gasteiger charge is 2.42. The lowest BCUT2D eigenvalue weighted by molar-refractivity contribution is -0.140. The van der Waals surface area contributed by atoms with Crippen LogP contribution < -0.4 is 10.2 Å². The van der Waals surface area contributed by atoms with Gasteiger partial charge in [0.2, 0.25) is 0 Å². The molecule has 0 unspecified atom stereocenters. The van der Waals surface area contributed by atoms with Crippen LogP contribution in [-0.2, 0) is 21.2 Å². The number of carbonyl (C=O) groups is 1. The molecule has 0 fully saturated rings. The van der Waals surface area contributed by atoms with Gasteiger partial charge in [-0.2, -0.15) is 0 Å². The fourth-order valence-electron chi connectivity index (χ4n) is 5.16. The van der Waals surface area contributed by atoms with E-state index < -0.39 is 28.5 Å². The SMILES string of the molecule is CCCCC1(CCCC)CN(c2ccccc2)c2cc(SC)c(CN[C@@H](CO)C(=O)O)cc2S(=O)(=O)C1. The van der Waals surface area contributed by atoms with E-state index in [4.69, 9.17) is 0 Å². The summed E-state index contributed by atoms with van der Waals surface area (Å²) in [4.78, 5) is 14.7. The van der Waals surface area contributed by atoms with Crippen molar-refractivity contribution < 1.29 is 23.4 Å². The van der Waals surface area contributed by atoms with Crippen LogP contribution in [0.4, 0.5) is 11.4 Å². The Morgan fingerprint density at radius 2 is 1.78 bits per heavy atom. The molecular weight excluding hydrogens is 508 g/mol. The van der Waals surface area contributed by atoms with Crippen LogP contribution in [0.5, 0.6) is 0 Å². The lowest BCUT2D eigenvalue weighted by Gasteiger charge is -2.37. The van der Waals surface area contributed by atoms with Crippen LogP contribution in [0.15, 0.2) is 52.3 Å². The molecule has 0 spiro atoms. The number of hydrogen-bond donors (Lipinski definition) is 3. The Labute approximate surface area is 225 Å². The number of thioether (sulfide) groups is 1. The zero-order valence-electron chi connectivity index (χ0n) is 22.1. The number of para-hydroxylation sites is 1. The number of carboxylic acids is 1. The smallest absolute Gasteiger partial charge is 0.323 e. The van der Waals surface area contributed by atoms with E-state index in [9.17, 15) is 23.4 Å². The molecule has 0 aromatic heterocycles. The molecule has 3 rings (SSSR count). The topological polar surface area (TPSA) is 107 Å². The molecule has 204 valence electrons. The van der Waals surface area contributed by atoms with Crippen LogP contribution in [0.1, 0.15) is 57.9 Å². The first-order chi connectivity index (χ1) is 17.7. The number of nitrogens with zero attached hydrogens (tertiary/aromatic N) is 1. The molecule has 1 aliphatic heterocycles. The molecule has 0 saturated heterocycles. The molecule has 1 atom stereocenters. The van der Waals surface area contributed by atoms with E-state index in [0.717, 1.165) is 49.1 Å². The minimum absolute atomic E-state index is 0.0935. The second-order valence-electron chi connectivity index (χ2n) is 9.97. The minimum Gasteiger partial charge on any atom is -0.480 e. The Balaban J connectivity index is 2.18. The van der Waals surface area contributed by atoms with Crippen molar-refractivity contribution in [3.05, 3.63) is 48.0 Å². The van der Waals surface area contributed by atoms with Crippen LogP contribution in [0.3, 0.4) is 0 Å². The van der Waals surface area contributed by atoms with E-state index >= 15 is 0 Å². The maximum atomic E-state index is 14.1. The first-order valence-corrected chi connectivity index (χ1v) is 15.9. The predicted molar refractivity (Wildman–Crippen MR) is 151 cm³/mol. The van der Waals surface area contributed by atoms with Gasteiger partial charge < -0.3 is 15.1 Å². The highest BCUT2D eigenvalue weighted by atomic mass is 32.2. The van der Waals surface area contributed by atoms with Gasteiger partial charge in [0, 0.05) is 29.1 Å². The van der Waals surface area contributed by atoms with Crippen LogP contribution >= 0.6 is 11.8 Å². The van der Waals surface area contributed by atoms with Crippen molar-refractivity contribution >= 4 is 38.9 Å². The average Bonchev–Trinajstić information content (AvgIpc) is 2.98. The van der Waals surface area contributed by atoms with Gasteiger partial charge in [0.25, 0.3) is 0 Å². The third-order valence-electron chi connectivity index (χ3n) is 7.19. The zero-order chi connectivity index (χ0) is 27.1. The van der Waals surface area contributed by atoms with E-state index in [2.05, 4.69) is 24.1 Å². The fourth-order valence-corrected chi connectivity index (χ4v) is 7.93. The summed E-state index contributed by atoms with van der Waals surface area (Å²) in [5.41, 5.74) is 1.97. The first-order valence-electron chi connectivity index (χ1n) is 13.0. The number of hydrogen-bond acceptors (Lipinski definition) is 7. The number of unbranched alkanes of at least 4 members (excludes halogenated alkanes) is 2. The van der Waals surface area contributed by atoms with E-state index in [-0.39, 0.29) is 22.6 Å². The molecule has 0 bridgehead atoms. The van der Waals surface area contributed by atoms with Gasteiger partial charge in [0.15, 0.2) is 9.84 Å². The summed E-state index contributed by atoms with van der Waals surface area (Å²) in [6.45, 7) is 4.50. The predicted octanol–water partition coefficient (Wildman–Crippen LogP) is 5.24. The Kier molecular flexibility index (Phi) is 10.5. The van der Waals surface area contributed by atoms with E-state index in [1.807, 2.05) is 42.7 Å². The number of anilines is 2. The van der Waals surface area contributed by atoms with Gasteiger partial charge in [0.05, 0.1) is 22.9 Å². The normalized spacial score (nSPS) is 17.1. The lowest BCUT2D eigenvalue weighted by Crippen LogP contribution is -2.39. The molecule has 7 nitrogen and oxygen atoms in total. The second-order valence-corrected chi connectivity index (χ2v) is 12.8. The molecule has 9 heteroatoms. The molecule has 0 aliphatic carbocycles. The van der Waals surface area contributed by atoms with Crippen molar-refractivity contribution in [1.29, 1.82) is 0 Å². The summed E-state index contributed by atoms with van der Waals surface area (Å²) in [7, 11) is -3.64. The highest BCUT2D eigenvalue weighted by Crippen LogP contribution is 2.46. The van der Waals surface area contributed by atoms with Crippen molar-refractivity contribution in [2.45, 2.75) is 74.7 Å². The van der Waals surface area contributed by atoms with E-state index in [1.165, 1.54) is 11.8 Å². The quantitative estimate of drug-likeness (QED) is 0.292. The third-order valence-corrected chi connectivity index (χ3v) is 10.00. The summed E-state index contributed by atoms with van der Waals surface area (Å²) in [6, 6.07) is 12.5. The van der Waals surface area contributed by atoms with Gasteiger partial charge in [-0.1, -0.05) is 57.7 Å². The minimum atomic E-state index is -3.64. The van der Waals surface area contributed by atoms with Crippen molar-refractivity contribution in [3.8, 4) is 0 Å². The maximum absolute atomic E-state index is 14.1. The first kappa shape index (κ1) is 29.5. The Morgan fingerprint density at radius 3 is 2.32 bits per heavy atom. The number of rotatable bonds is 13. The number of aliphatic hydroxyl groups is 1. The molecule has 37 heavy (non-hydrogen) atoms. The zero-order valence-corrected chi connectivity index (χ0v) is 23.7. The molecule has 3 N–H and O–H groups in total. The molecule has 1 aliphatic rings. The molecule has 1 heterocycles. The number of benzene rings is 2. The number of carboxylic acid groups (broad SMARTS) is 1. The Morgan fingerprint density at radius 1 is 1.14 bits per heavy atom. The summed E-state index contributed by atoms with van der Waals surface area (Å²) >= 11 is 1.50. The number of aliphatic carboxylic acids is 1. The number of fused-ring (bicyclic) bond motifs is 1.